The molecule has 23 heavy (non-hydrogen) atoms. The maximum Gasteiger partial charge on any atom is 0.242 e. The van der Waals surface area contributed by atoms with Crippen LogP contribution in [-0.4, -0.2) is 15.7 Å². The molecule has 4 aliphatic carbocycles. The second-order valence-electron chi connectivity index (χ2n) is 7.06. The van der Waals surface area contributed by atoms with Gasteiger partial charge in [-0.3, -0.25) is 20.6 Å². The summed E-state index contributed by atoms with van der Waals surface area (Å²) in [6.07, 6.45) is 7.85. The highest BCUT2D eigenvalue weighted by Crippen LogP contribution is 2.58. The molecule has 7 heteroatoms. The Balaban J connectivity index is 1.47. The molecule has 124 valence electrons. The zero-order valence-corrected chi connectivity index (χ0v) is 15.5. The van der Waals surface area contributed by atoms with Crippen LogP contribution in [0.15, 0.2) is 12.4 Å². The molecule has 1 aromatic rings. The first kappa shape index (κ1) is 16.0. The number of carbonyl (C=O) groups excluding carboxylic acids is 1. The smallest absolute Gasteiger partial charge is 0.242 e. The van der Waals surface area contributed by atoms with Gasteiger partial charge >= 0.3 is 0 Å². The highest BCUT2D eigenvalue weighted by Gasteiger charge is 2.54. The largest absolute Gasteiger partial charge is 0.295 e. The molecule has 4 aliphatic rings. The predicted molar refractivity (Wildman–Crippen MR) is 94.7 cm³/mol. The third kappa shape index (κ3) is 2.75. The van der Waals surface area contributed by atoms with Gasteiger partial charge in [0.2, 0.25) is 5.91 Å². The van der Waals surface area contributed by atoms with Crippen LogP contribution in [0.2, 0.25) is 10.0 Å². The number of nitrogens with one attached hydrogen (secondary N) is 2. The van der Waals surface area contributed by atoms with E-state index >= 15 is 0 Å². The molecule has 4 fully saturated rings. The average Bonchev–Trinajstić information content (AvgIpc) is 2.51. The number of pyridine rings is 1. The minimum Gasteiger partial charge on any atom is -0.295 e. The molecule has 1 amide bonds. The fourth-order valence-corrected chi connectivity index (χ4v) is 6.42. The second kappa shape index (κ2) is 6.08. The highest BCUT2D eigenvalue weighted by molar-refractivity contribution is 9.09. The van der Waals surface area contributed by atoms with E-state index in [1.165, 1.54) is 25.2 Å². The van der Waals surface area contributed by atoms with Gasteiger partial charge in [0.1, 0.15) is 0 Å². The van der Waals surface area contributed by atoms with Crippen molar-refractivity contribution < 1.29 is 4.79 Å². The number of alkyl halides is 1. The molecule has 2 N–H and O–H groups in total. The summed E-state index contributed by atoms with van der Waals surface area (Å²) >= 11 is 16.0. The molecule has 0 saturated heterocycles. The molecule has 1 aromatic heterocycles. The maximum atomic E-state index is 12.8. The maximum absolute atomic E-state index is 12.8. The normalized spacial score (nSPS) is 37.7. The predicted octanol–water partition coefficient (Wildman–Crippen LogP) is 4.28. The van der Waals surface area contributed by atoms with Gasteiger partial charge in [0.05, 0.1) is 15.7 Å². The Morgan fingerprint density at radius 2 is 1.83 bits per heavy atom. The van der Waals surface area contributed by atoms with Gasteiger partial charge in [0, 0.05) is 23.1 Å². The van der Waals surface area contributed by atoms with Crippen molar-refractivity contribution in [2.24, 2.45) is 29.6 Å². The van der Waals surface area contributed by atoms with Crippen molar-refractivity contribution in [2.45, 2.75) is 30.5 Å². The summed E-state index contributed by atoms with van der Waals surface area (Å²) in [5, 5.41) is 0.780. The molecule has 1 heterocycles. The van der Waals surface area contributed by atoms with Gasteiger partial charge in [-0.25, -0.2) is 0 Å². The van der Waals surface area contributed by atoms with Crippen LogP contribution in [-0.2, 0) is 4.79 Å². The Bertz CT molecular complexity index is 624. The van der Waals surface area contributed by atoms with E-state index in [2.05, 4.69) is 31.8 Å². The summed E-state index contributed by atoms with van der Waals surface area (Å²) in [7, 11) is 0. The van der Waals surface area contributed by atoms with Gasteiger partial charge in [0.25, 0.3) is 0 Å². The SMILES string of the molecule is O=C(NNc1c(Cl)cncc1Cl)C1[C@@H]2C[C@H]3C[C@@H](C2)C(Br)[C@@H]1C3. The van der Waals surface area contributed by atoms with E-state index in [0.29, 0.717) is 32.4 Å². The molecule has 0 aliphatic heterocycles. The Labute approximate surface area is 153 Å². The number of carbonyl (C=O) groups is 1. The van der Waals surface area contributed by atoms with Crippen LogP contribution in [0, 0.1) is 29.6 Å². The van der Waals surface area contributed by atoms with Gasteiger partial charge in [-0.2, -0.15) is 0 Å². The first-order valence-electron chi connectivity index (χ1n) is 8.03. The summed E-state index contributed by atoms with van der Waals surface area (Å²) in [5.41, 5.74) is 6.21. The van der Waals surface area contributed by atoms with E-state index in [4.69, 9.17) is 23.2 Å². The molecule has 0 radical (unpaired) electrons. The van der Waals surface area contributed by atoms with E-state index in [-0.39, 0.29) is 11.8 Å². The van der Waals surface area contributed by atoms with Crippen molar-refractivity contribution in [1.29, 1.82) is 0 Å². The van der Waals surface area contributed by atoms with E-state index in [1.54, 1.807) is 0 Å². The van der Waals surface area contributed by atoms with Gasteiger partial charge in [-0.1, -0.05) is 39.1 Å². The van der Waals surface area contributed by atoms with E-state index < -0.39 is 0 Å². The lowest BCUT2D eigenvalue weighted by atomic mass is 9.51. The van der Waals surface area contributed by atoms with Crippen molar-refractivity contribution in [3.8, 4) is 0 Å². The average molecular weight is 419 g/mol. The molecule has 4 bridgehead atoms. The first-order valence-corrected chi connectivity index (χ1v) is 9.70. The topological polar surface area (TPSA) is 54.0 Å². The standard InChI is InChI=1S/C16H18BrCl2N3O/c17-14-9-2-7-1-8(4-9)13(10(14)3-7)16(23)22-21-15-11(18)5-20-6-12(15)19/h5-10,13-14H,1-4H2,(H,20,21)(H,22,23)/t7-,8+,9-,10+,13?,14?/m0/s1. The molecule has 0 spiro atoms. The van der Waals surface area contributed by atoms with Crippen LogP contribution >= 0.6 is 39.1 Å². The zero-order chi connectivity index (χ0) is 16.1. The number of halogens is 3. The Morgan fingerprint density at radius 3 is 2.57 bits per heavy atom. The van der Waals surface area contributed by atoms with E-state index in [9.17, 15) is 4.79 Å². The van der Waals surface area contributed by atoms with Gasteiger partial charge in [-0.15, -0.1) is 0 Å². The quantitative estimate of drug-likeness (QED) is 0.569. The van der Waals surface area contributed by atoms with Crippen molar-refractivity contribution in [3.05, 3.63) is 22.4 Å². The lowest BCUT2D eigenvalue weighted by molar-refractivity contribution is -0.136. The van der Waals surface area contributed by atoms with Crippen LogP contribution in [0.1, 0.15) is 25.7 Å². The van der Waals surface area contributed by atoms with Gasteiger partial charge in [0.15, 0.2) is 0 Å². The third-order valence-electron chi connectivity index (χ3n) is 5.78. The van der Waals surface area contributed by atoms with Crippen LogP contribution in [0.3, 0.4) is 0 Å². The summed E-state index contributed by atoms with van der Waals surface area (Å²) in [6.45, 7) is 0. The first-order chi connectivity index (χ1) is 11.0. The fraction of sp³-hybridized carbons (Fsp3) is 0.625. The number of hydrogen-bond acceptors (Lipinski definition) is 3. The third-order valence-corrected chi connectivity index (χ3v) is 7.78. The summed E-state index contributed by atoms with van der Waals surface area (Å²) in [6, 6.07) is 0. The Hall–Kier alpha value is -0.520. The summed E-state index contributed by atoms with van der Waals surface area (Å²) in [5.74, 6) is 2.64. The van der Waals surface area contributed by atoms with Crippen molar-refractivity contribution in [1.82, 2.24) is 10.4 Å². The minimum absolute atomic E-state index is 0.0483. The van der Waals surface area contributed by atoms with Crippen molar-refractivity contribution in [2.75, 3.05) is 5.43 Å². The Morgan fingerprint density at radius 1 is 1.13 bits per heavy atom. The van der Waals surface area contributed by atoms with Crippen LogP contribution in [0.25, 0.3) is 0 Å². The molecule has 4 nitrogen and oxygen atoms in total. The molecular formula is C16H18BrCl2N3O. The number of hydrazine groups is 1. The van der Waals surface area contributed by atoms with Crippen LogP contribution in [0.5, 0.6) is 0 Å². The number of aromatic nitrogens is 1. The number of nitrogens with zero attached hydrogens (tertiary/aromatic N) is 1. The summed E-state index contributed by atoms with van der Waals surface area (Å²) in [4.78, 5) is 17.2. The zero-order valence-electron chi connectivity index (χ0n) is 12.4. The second-order valence-corrected chi connectivity index (χ2v) is 8.93. The van der Waals surface area contributed by atoms with Crippen LogP contribution in [0.4, 0.5) is 5.69 Å². The molecular weight excluding hydrogens is 401 g/mol. The fourth-order valence-electron chi connectivity index (χ4n) is 4.98. The van der Waals surface area contributed by atoms with Crippen molar-refractivity contribution >= 4 is 50.7 Å². The lowest BCUT2D eigenvalue weighted by Crippen LogP contribution is -2.56. The van der Waals surface area contributed by atoms with E-state index in [1.807, 2.05) is 0 Å². The Kier molecular flexibility index (Phi) is 4.23. The van der Waals surface area contributed by atoms with Crippen LogP contribution < -0.4 is 10.9 Å². The molecule has 5 rings (SSSR count). The number of hydrogen-bond donors (Lipinski definition) is 2. The molecule has 2 unspecified atom stereocenters. The monoisotopic (exact) mass is 417 g/mol. The minimum atomic E-state index is 0.0483. The molecule has 0 aromatic carbocycles. The summed E-state index contributed by atoms with van der Waals surface area (Å²) < 4.78 is 0. The van der Waals surface area contributed by atoms with Gasteiger partial charge in [-0.05, 0) is 49.4 Å². The van der Waals surface area contributed by atoms with Crippen molar-refractivity contribution in [3.63, 3.8) is 0 Å². The molecule has 4 saturated carbocycles. The number of amides is 1. The van der Waals surface area contributed by atoms with E-state index in [0.717, 1.165) is 24.7 Å². The lowest BCUT2D eigenvalue weighted by Gasteiger charge is -2.56. The van der Waals surface area contributed by atoms with Gasteiger partial charge < -0.3 is 0 Å². The molecule has 6 atom stereocenters. The number of rotatable bonds is 3. The number of anilines is 1. The highest BCUT2D eigenvalue weighted by atomic mass is 79.9.